The predicted octanol–water partition coefficient (Wildman–Crippen LogP) is 4.99. The van der Waals surface area contributed by atoms with Crippen molar-refractivity contribution in [2.75, 3.05) is 35.2 Å². The molecule has 0 bridgehead atoms. The van der Waals surface area contributed by atoms with Gasteiger partial charge in [0.2, 0.25) is 11.8 Å². The highest BCUT2D eigenvalue weighted by molar-refractivity contribution is 8.23. The van der Waals surface area contributed by atoms with Gasteiger partial charge in [-0.1, -0.05) is 47.9 Å². The van der Waals surface area contributed by atoms with E-state index in [2.05, 4.69) is 20.5 Å². The Morgan fingerprint density at radius 1 is 1.11 bits per heavy atom. The molecular formula is C22H21N5O4S4. The minimum Gasteiger partial charge on any atom is -0.358 e. The number of carbonyl (C=O) groups is 2. The summed E-state index contributed by atoms with van der Waals surface area (Å²) in [5.41, 5.74) is 1.44. The number of thioether (sulfide) groups is 2. The van der Waals surface area contributed by atoms with Gasteiger partial charge in [-0.15, -0.1) is 11.3 Å². The van der Waals surface area contributed by atoms with Gasteiger partial charge in [0.15, 0.2) is 4.34 Å². The van der Waals surface area contributed by atoms with Crippen molar-refractivity contribution in [1.82, 2.24) is 9.88 Å². The first kappa shape index (κ1) is 25.4. The second-order valence-electron chi connectivity index (χ2n) is 7.57. The molecule has 2 amide bonds. The molecule has 2 aromatic carbocycles. The second-order valence-corrected chi connectivity index (χ2v) is 11.4. The molecule has 9 nitrogen and oxygen atoms in total. The molecule has 0 radical (unpaired) electrons. The van der Waals surface area contributed by atoms with Crippen molar-refractivity contribution in [3.8, 4) is 0 Å². The summed E-state index contributed by atoms with van der Waals surface area (Å²) in [5.74, 6) is -0.169. The summed E-state index contributed by atoms with van der Waals surface area (Å²) in [6.07, 6.45) is 2.28. The van der Waals surface area contributed by atoms with Crippen molar-refractivity contribution in [3.63, 3.8) is 0 Å². The lowest BCUT2D eigenvalue weighted by molar-refractivity contribution is -0.383. The average Bonchev–Trinajstić information content (AvgIpc) is 3.51. The van der Waals surface area contributed by atoms with Gasteiger partial charge in [-0.2, -0.15) is 0 Å². The Labute approximate surface area is 219 Å². The van der Waals surface area contributed by atoms with Crippen LogP contribution in [0.25, 0.3) is 10.2 Å². The van der Waals surface area contributed by atoms with Gasteiger partial charge in [0.25, 0.3) is 5.69 Å². The highest BCUT2D eigenvalue weighted by atomic mass is 32.2. The largest absolute Gasteiger partial charge is 0.358 e. The molecule has 35 heavy (non-hydrogen) atoms. The molecule has 3 aromatic rings. The number of thiocarbonyl (C=S) groups is 1. The van der Waals surface area contributed by atoms with Gasteiger partial charge in [-0.05, 0) is 37.1 Å². The maximum atomic E-state index is 12.4. The molecule has 1 fully saturated rings. The van der Waals surface area contributed by atoms with E-state index in [1.807, 2.05) is 12.1 Å². The van der Waals surface area contributed by atoms with Gasteiger partial charge in [-0.25, -0.2) is 4.98 Å². The monoisotopic (exact) mass is 547 g/mol. The third-order valence-corrected chi connectivity index (χ3v) is 8.73. The number of aromatic nitrogens is 1. The number of carbonyl (C=O) groups excluding carboxylic acids is 2. The minimum absolute atomic E-state index is 0.0591. The molecule has 0 saturated carbocycles. The average molecular weight is 548 g/mol. The van der Waals surface area contributed by atoms with Crippen LogP contribution in [0.3, 0.4) is 0 Å². The Kier molecular flexibility index (Phi) is 8.55. The molecule has 4 rings (SSSR count). The number of anilines is 2. The molecule has 0 spiro atoms. The number of thiazole rings is 1. The molecule has 1 aromatic heterocycles. The van der Waals surface area contributed by atoms with Gasteiger partial charge in [0.05, 0.1) is 26.6 Å². The van der Waals surface area contributed by atoms with Crippen LogP contribution in [-0.4, -0.2) is 55.5 Å². The lowest BCUT2D eigenvalue weighted by Gasteiger charge is -2.17. The minimum atomic E-state index is -0.535. The van der Waals surface area contributed by atoms with Crippen LogP contribution in [0.1, 0.15) is 12.8 Å². The van der Waals surface area contributed by atoms with E-state index in [1.165, 1.54) is 47.0 Å². The molecule has 2 N–H and O–H groups in total. The number of nitrogens with one attached hydrogen (secondary N) is 2. The zero-order valence-corrected chi connectivity index (χ0v) is 21.7. The van der Waals surface area contributed by atoms with Crippen LogP contribution in [0.5, 0.6) is 0 Å². The molecule has 0 aliphatic carbocycles. The SMILES string of the molecule is O=C(CSC(=S)N1CCCC1)Nc1ccc2nc(SCC(=O)Nc3ccccc3[N+](=O)[O-])sc2c1. The van der Waals surface area contributed by atoms with Gasteiger partial charge < -0.3 is 15.5 Å². The number of hydrogen-bond acceptors (Lipinski definition) is 9. The highest BCUT2D eigenvalue weighted by Crippen LogP contribution is 2.32. The highest BCUT2D eigenvalue weighted by Gasteiger charge is 2.17. The molecule has 0 unspecified atom stereocenters. The number of nitro benzene ring substituents is 1. The number of fused-ring (bicyclic) bond motifs is 1. The quantitative estimate of drug-likeness (QED) is 0.174. The summed E-state index contributed by atoms with van der Waals surface area (Å²) in [6.45, 7) is 1.92. The molecule has 182 valence electrons. The van der Waals surface area contributed by atoms with E-state index >= 15 is 0 Å². The summed E-state index contributed by atoms with van der Waals surface area (Å²) in [7, 11) is 0. The summed E-state index contributed by atoms with van der Waals surface area (Å²) in [6, 6.07) is 11.5. The van der Waals surface area contributed by atoms with Gasteiger partial charge in [0.1, 0.15) is 10.0 Å². The lowest BCUT2D eigenvalue weighted by Crippen LogP contribution is -2.25. The Morgan fingerprint density at radius 2 is 1.86 bits per heavy atom. The second kappa shape index (κ2) is 11.8. The van der Waals surface area contributed by atoms with E-state index < -0.39 is 4.92 Å². The van der Waals surface area contributed by atoms with E-state index in [0.717, 1.165) is 40.5 Å². The fraction of sp³-hybridized carbons (Fsp3) is 0.273. The maximum absolute atomic E-state index is 12.4. The van der Waals surface area contributed by atoms with E-state index in [1.54, 1.807) is 18.2 Å². The van der Waals surface area contributed by atoms with E-state index in [4.69, 9.17) is 12.2 Å². The first-order chi connectivity index (χ1) is 16.9. The molecule has 0 atom stereocenters. The van der Waals surface area contributed by atoms with Gasteiger partial charge in [0, 0.05) is 24.8 Å². The van der Waals surface area contributed by atoms with Gasteiger partial charge >= 0.3 is 0 Å². The van der Waals surface area contributed by atoms with Crippen molar-refractivity contribution >= 4 is 90.5 Å². The number of hydrogen-bond donors (Lipinski definition) is 2. The molecule has 1 aliphatic heterocycles. The number of nitro groups is 1. The summed E-state index contributed by atoms with van der Waals surface area (Å²) < 4.78 is 2.33. The molecule has 1 aliphatic rings. The Bertz CT molecular complexity index is 1280. The van der Waals surface area contributed by atoms with E-state index in [0.29, 0.717) is 10.0 Å². The standard InChI is InChI=1S/C22H21N5O4S4/c28-19(13-34-22(32)26-9-3-4-10-26)23-14-7-8-16-18(11-14)35-21(25-16)33-12-20(29)24-15-5-1-2-6-17(15)27(30)31/h1-2,5-8,11H,3-4,9-10,12-13H2,(H,23,28)(H,24,29). The van der Waals surface area contributed by atoms with E-state index in [-0.39, 0.29) is 34.7 Å². The zero-order valence-electron chi connectivity index (χ0n) is 18.4. The van der Waals surface area contributed by atoms with Crippen molar-refractivity contribution in [1.29, 1.82) is 0 Å². The summed E-state index contributed by atoms with van der Waals surface area (Å²) >= 11 is 9.44. The van der Waals surface area contributed by atoms with Crippen LogP contribution < -0.4 is 10.6 Å². The van der Waals surface area contributed by atoms with Crippen molar-refractivity contribution in [3.05, 3.63) is 52.6 Å². The number of para-hydroxylation sites is 2. The number of likely N-dealkylation sites (tertiary alicyclic amines) is 1. The number of benzene rings is 2. The summed E-state index contributed by atoms with van der Waals surface area (Å²) in [5, 5.41) is 16.6. The molecule has 2 heterocycles. The van der Waals surface area contributed by atoms with Crippen LogP contribution in [-0.2, 0) is 9.59 Å². The van der Waals surface area contributed by atoms with Crippen LogP contribution >= 0.6 is 47.1 Å². The lowest BCUT2D eigenvalue weighted by atomic mass is 10.2. The third kappa shape index (κ3) is 6.90. The van der Waals surface area contributed by atoms with Crippen molar-refractivity contribution in [2.24, 2.45) is 0 Å². The smallest absolute Gasteiger partial charge is 0.292 e. The van der Waals surface area contributed by atoms with Crippen molar-refractivity contribution < 1.29 is 14.5 Å². The summed E-state index contributed by atoms with van der Waals surface area (Å²) in [4.78, 5) is 41.9. The zero-order chi connectivity index (χ0) is 24.8. The Morgan fingerprint density at radius 3 is 2.63 bits per heavy atom. The first-order valence-electron chi connectivity index (χ1n) is 10.7. The fourth-order valence-corrected chi connectivity index (χ4v) is 6.37. The third-order valence-electron chi connectivity index (χ3n) is 5.05. The first-order valence-corrected chi connectivity index (χ1v) is 13.9. The fourth-order valence-electron chi connectivity index (χ4n) is 3.41. The van der Waals surface area contributed by atoms with Crippen molar-refractivity contribution in [2.45, 2.75) is 17.2 Å². The molecular weight excluding hydrogens is 527 g/mol. The van der Waals surface area contributed by atoms with Gasteiger partial charge in [-0.3, -0.25) is 19.7 Å². The normalized spacial score (nSPS) is 13.1. The Hall–Kier alpha value is -2.74. The molecule has 13 heteroatoms. The number of rotatable bonds is 8. The van der Waals surface area contributed by atoms with Crippen LogP contribution in [0, 0.1) is 10.1 Å². The number of amides is 2. The van der Waals surface area contributed by atoms with Crippen LogP contribution in [0.15, 0.2) is 46.8 Å². The van der Waals surface area contributed by atoms with E-state index in [9.17, 15) is 19.7 Å². The van der Waals surface area contributed by atoms with Crippen LogP contribution in [0.2, 0.25) is 0 Å². The Balaban J connectivity index is 1.29. The predicted molar refractivity (Wildman–Crippen MR) is 147 cm³/mol. The maximum Gasteiger partial charge on any atom is 0.292 e. The number of nitrogens with zero attached hydrogens (tertiary/aromatic N) is 3. The van der Waals surface area contributed by atoms with Crippen LogP contribution in [0.4, 0.5) is 17.1 Å². The topological polar surface area (TPSA) is 117 Å². The molecule has 1 saturated heterocycles.